The van der Waals surface area contributed by atoms with Gasteiger partial charge in [0, 0.05) is 35.8 Å². The van der Waals surface area contributed by atoms with Crippen molar-refractivity contribution in [2.45, 2.75) is 20.0 Å². The van der Waals surface area contributed by atoms with Crippen LogP contribution in [0.15, 0.2) is 78.9 Å². The molecule has 0 aliphatic rings. The molecule has 3 aromatic rings. The monoisotopic (exact) mass is 406 g/mol. The zero-order valence-electron chi connectivity index (χ0n) is 17.6. The number of anilines is 4. The van der Waals surface area contributed by atoms with E-state index in [0.717, 1.165) is 30.2 Å². The van der Waals surface area contributed by atoms with Crippen molar-refractivity contribution >= 4 is 22.7 Å². The van der Waals surface area contributed by atoms with Crippen LogP contribution in [0.5, 0.6) is 5.75 Å². The first kappa shape index (κ1) is 21.7. The van der Waals surface area contributed by atoms with Gasteiger partial charge < -0.3 is 24.7 Å². The summed E-state index contributed by atoms with van der Waals surface area (Å²) in [5, 5.41) is 18.4. The second-order valence-corrected chi connectivity index (χ2v) is 7.00. The first-order chi connectivity index (χ1) is 14.7. The van der Waals surface area contributed by atoms with Crippen LogP contribution in [-0.4, -0.2) is 42.6 Å². The molecule has 0 aliphatic carbocycles. The van der Waals surface area contributed by atoms with E-state index < -0.39 is 6.10 Å². The highest BCUT2D eigenvalue weighted by molar-refractivity contribution is 5.77. The lowest BCUT2D eigenvalue weighted by molar-refractivity contribution is 0.0536. The lowest BCUT2D eigenvalue weighted by Crippen LogP contribution is -2.21. The van der Waals surface area contributed by atoms with E-state index in [1.54, 1.807) is 0 Å². The van der Waals surface area contributed by atoms with Crippen molar-refractivity contribution in [1.82, 2.24) is 0 Å². The molecule has 5 nitrogen and oxygen atoms in total. The van der Waals surface area contributed by atoms with Crippen molar-refractivity contribution in [3.8, 4) is 5.75 Å². The molecule has 0 spiro atoms. The van der Waals surface area contributed by atoms with Crippen LogP contribution in [0.2, 0.25) is 0 Å². The first-order valence-corrected chi connectivity index (χ1v) is 10.4. The summed E-state index contributed by atoms with van der Waals surface area (Å²) >= 11 is 0. The number of aliphatic hydroxyl groups excluding tert-OH is 2. The second-order valence-electron chi connectivity index (χ2n) is 7.00. The Morgan fingerprint density at radius 2 is 1.23 bits per heavy atom. The minimum absolute atomic E-state index is 0.0606. The molecule has 0 saturated heterocycles. The van der Waals surface area contributed by atoms with Gasteiger partial charge >= 0.3 is 0 Å². The molecule has 158 valence electrons. The summed E-state index contributed by atoms with van der Waals surface area (Å²) < 4.78 is 5.54. The number of nitrogens with zero attached hydrogens (tertiary/aromatic N) is 2. The zero-order chi connectivity index (χ0) is 21.3. The summed E-state index contributed by atoms with van der Waals surface area (Å²) in [4.78, 5) is 4.52. The van der Waals surface area contributed by atoms with E-state index in [0.29, 0.717) is 5.75 Å². The van der Waals surface area contributed by atoms with Gasteiger partial charge in [0.15, 0.2) is 0 Å². The molecule has 0 aromatic heterocycles. The molecule has 0 aliphatic heterocycles. The summed E-state index contributed by atoms with van der Waals surface area (Å²) in [6.07, 6.45) is -0.880. The van der Waals surface area contributed by atoms with Crippen LogP contribution in [0, 0.1) is 0 Å². The highest BCUT2D eigenvalue weighted by Gasteiger charge is 2.13. The normalized spacial score (nSPS) is 11.7. The largest absolute Gasteiger partial charge is 0.491 e. The Morgan fingerprint density at radius 1 is 0.733 bits per heavy atom. The summed E-state index contributed by atoms with van der Waals surface area (Å²) in [5.74, 6) is 0.649. The topological polar surface area (TPSA) is 56.2 Å². The summed E-state index contributed by atoms with van der Waals surface area (Å²) in [6, 6.07) is 26.6. The molecule has 2 N–H and O–H groups in total. The molecule has 0 radical (unpaired) electrons. The number of hydrogen-bond acceptors (Lipinski definition) is 5. The SMILES string of the molecule is CCN(CC)c1ccc(N(c2ccccc2)c2ccc(OCC(O)CO)cc2)cc1. The van der Waals surface area contributed by atoms with Gasteiger partial charge in [-0.05, 0) is 74.5 Å². The Kier molecular flexibility index (Phi) is 7.71. The van der Waals surface area contributed by atoms with Gasteiger partial charge in [-0.1, -0.05) is 18.2 Å². The van der Waals surface area contributed by atoms with Crippen LogP contribution in [0.1, 0.15) is 13.8 Å². The third kappa shape index (κ3) is 5.32. The molecule has 0 fully saturated rings. The Hall–Kier alpha value is -3.02. The molecule has 0 amide bonds. The Balaban J connectivity index is 1.89. The van der Waals surface area contributed by atoms with Gasteiger partial charge in [-0.15, -0.1) is 0 Å². The lowest BCUT2D eigenvalue weighted by Gasteiger charge is -2.27. The zero-order valence-corrected chi connectivity index (χ0v) is 17.6. The van der Waals surface area contributed by atoms with E-state index in [9.17, 15) is 5.11 Å². The molecule has 1 unspecified atom stereocenters. The average molecular weight is 407 g/mol. The van der Waals surface area contributed by atoms with Crippen LogP contribution in [-0.2, 0) is 0 Å². The number of benzene rings is 3. The highest BCUT2D eigenvalue weighted by Crippen LogP contribution is 2.36. The van der Waals surface area contributed by atoms with Gasteiger partial charge in [0.05, 0.1) is 6.61 Å². The van der Waals surface area contributed by atoms with Gasteiger partial charge in [0.25, 0.3) is 0 Å². The molecule has 3 rings (SSSR count). The van der Waals surface area contributed by atoms with Gasteiger partial charge in [-0.25, -0.2) is 0 Å². The molecular weight excluding hydrogens is 376 g/mol. The molecule has 0 heterocycles. The van der Waals surface area contributed by atoms with E-state index in [2.05, 4.69) is 60.0 Å². The number of para-hydroxylation sites is 1. The van der Waals surface area contributed by atoms with Crippen molar-refractivity contribution in [3.05, 3.63) is 78.9 Å². The maximum Gasteiger partial charge on any atom is 0.119 e. The van der Waals surface area contributed by atoms with Crippen LogP contribution < -0.4 is 14.5 Å². The van der Waals surface area contributed by atoms with Crippen molar-refractivity contribution in [2.75, 3.05) is 36.1 Å². The predicted octanol–water partition coefficient (Wildman–Crippen LogP) is 4.73. The number of ether oxygens (including phenoxy) is 1. The van der Waals surface area contributed by atoms with Crippen LogP contribution >= 0.6 is 0 Å². The lowest BCUT2D eigenvalue weighted by atomic mass is 10.1. The van der Waals surface area contributed by atoms with Crippen LogP contribution in [0.25, 0.3) is 0 Å². The maximum absolute atomic E-state index is 9.47. The molecule has 1 atom stereocenters. The fourth-order valence-electron chi connectivity index (χ4n) is 3.36. The molecule has 0 saturated carbocycles. The molecule has 30 heavy (non-hydrogen) atoms. The van der Waals surface area contributed by atoms with Crippen molar-refractivity contribution < 1.29 is 14.9 Å². The fourth-order valence-corrected chi connectivity index (χ4v) is 3.36. The molecule has 5 heteroatoms. The standard InChI is InChI=1S/C25H30N2O3/c1-3-26(4-2)20-10-12-22(13-11-20)27(21-8-6-5-7-9-21)23-14-16-25(17-15-23)30-19-24(29)18-28/h5-17,24,28-29H,3-4,18-19H2,1-2H3. The Bertz CT molecular complexity index is 879. The third-order valence-corrected chi connectivity index (χ3v) is 5.00. The number of aliphatic hydroxyl groups is 2. The summed E-state index contributed by atoms with van der Waals surface area (Å²) in [5.41, 5.74) is 4.36. The van der Waals surface area contributed by atoms with E-state index in [-0.39, 0.29) is 13.2 Å². The van der Waals surface area contributed by atoms with Crippen LogP contribution in [0.4, 0.5) is 22.7 Å². The second kappa shape index (κ2) is 10.7. The highest BCUT2D eigenvalue weighted by atomic mass is 16.5. The summed E-state index contributed by atoms with van der Waals surface area (Å²) in [6.45, 7) is 6.03. The molecular formula is C25H30N2O3. The predicted molar refractivity (Wildman–Crippen MR) is 123 cm³/mol. The van der Waals surface area contributed by atoms with E-state index in [1.807, 2.05) is 42.5 Å². The van der Waals surface area contributed by atoms with Crippen molar-refractivity contribution in [1.29, 1.82) is 0 Å². The van der Waals surface area contributed by atoms with Crippen LogP contribution in [0.3, 0.4) is 0 Å². The van der Waals surface area contributed by atoms with Gasteiger partial charge in [0.1, 0.15) is 18.5 Å². The maximum atomic E-state index is 9.47. The minimum Gasteiger partial charge on any atom is -0.491 e. The summed E-state index contributed by atoms with van der Waals surface area (Å²) in [7, 11) is 0. The quantitative estimate of drug-likeness (QED) is 0.510. The van der Waals surface area contributed by atoms with Crippen molar-refractivity contribution in [3.63, 3.8) is 0 Å². The number of hydrogen-bond donors (Lipinski definition) is 2. The van der Waals surface area contributed by atoms with Gasteiger partial charge in [-0.2, -0.15) is 0 Å². The molecule has 3 aromatic carbocycles. The minimum atomic E-state index is -0.880. The smallest absolute Gasteiger partial charge is 0.119 e. The van der Waals surface area contributed by atoms with Gasteiger partial charge in [0.2, 0.25) is 0 Å². The molecule has 0 bridgehead atoms. The first-order valence-electron chi connectivity index (χ1n) is 10.4. The average Bonchev–Trinajstić information content (AvgIpc) is 2.81. The van der Waals surface area contributed by atoms with Gasteiger partial charge in [-0.3, -0.25) is 0 Å². The third-order valence-electron chi connectivity index (χ3n) is 5.00. The Labute approximate surface area is 178 Å². The van der Waals surface area contributed by atoms with E-state index in [1.165, 1.54) is 5.69 Å². The number of rotatable bonds is 10. The van der Waals surface area contributed by atoms with E-state index >= 15 is 0 Å². The van der Waals surface area contributed by atoms with Crippen molar-refractivity contribution in [2.24, 2.45) is 0 Å². The fraction of sp³-hybridized carbons (Fsp3) is 0.280. The Morgan fingerprint density at radius 3 is 1.77 bits per heavy atom. The van der Waals surface area contributed by atoms with E-state index in [4.69, 9.17) is 9.84 Å².